The molecule has 2 nitrogen and oxygen atoms in total. The van der Waals surface area contributed by atoms with Crippen LogP contribution in [0.3, 0.4) is 0 Å². The van der Waals surface area contributed by atoms with Crippen molar-refractivity contribution in [3.05, 3.63) is 33.4 Å². The first kappa shape index (κ1) is 14.5. The Labute approximate surface area is 116 Å². The molecule has 106 valence electrons. The summed E-state index contributed by atoms with van der Waals surface area (Å²) in [5, 5.41) is 10.9. The standard InChI is InChI=1S/C17H26O2/c1-10-11(2)13(4)15(14(5)12(10)3)16(18)17(6)8-7-9-19-17/h16,18H,7-9H2,1-6H3. The van der Waals surface area contributed by atoms with Crippen LogP contribution in [0.1, 0.15) is 59.3 Å². The predicted octanol–water partition coefficient (Wildman–Crippen LogP) is 3.83. The highest BCUT2D eigenvalue weighted by atomic mass is 16.5. The van der Waals surface area contributed by atoms with Crippen LogP contribution >= 0.6 is 0 Å². The van der Waals surface area contributed by atoms with Crippen LogP contribution < -0.4 is 0 Å². The van der Waals surface area contributed by atoms with Crippen LogP contribution in [0.2, 0.25) is 0 Å². The van der Waals surface area contributed by atoms with Gasteiger partial charge in [-0.3, -0.25) is 0 Å². The lowest BCUT2D eigenvalue weighted by molar-refractivity contribution is -0.0801. The first-order valence-electron chi connectivity index (χ1n) is 7.18. The van der Waals surface area contributed by atoms with Crippen LogP contribution in [0.4, 0.5) is 0 Å². The molecule has 1 aliphatic rings. The highest BCUT2D eigenvalue weighted by molar-refractivity contribution is 5.50. The summed E-state index contributed by atoms with van der Waals surface area (Å²) in [6.07, 6.45) is 1.43. The van der Waals surface area contributed by atoms with E-state index in [-0.39, 0.29) is 0 Å². The first-order chi connectivity index (χ1) is 8.79. The van der Waals surface area contributed by atoms with Gasteiger partial charge in [-0.05, 0) is 87.8 Å². The molecule has 0 spiro atoms. The topological polar surface area (TPSA) is 29.5 Å². The Morgan fingerprint density at radius 3 is 1.84 bits per heavy atom. The number of benzene rings is 1. The number of hydrogen-bond acceptors (Lipinski definition) is 2. The lowest BCUT2D eigenvalue weighted by Gasteiger charge is -2.33. The van der Waals surface area contributed by atoms with E-state index in [1.54, 1.807) is 0 Å². The zero-order valence-electron chi connectivity index (χ0n) is 13.1. The van der Waals surface area contributed by atoms with Gasteiger partial charge in [-0.1, -0.05) is 0 Å². The van der Waals surface area contributed by atoms with Crippen LogP contribution in [0, 0.1) is 34.6 Å². The van der Waals surface area contributed by atoms with Crippen LogP contribution in [-0.2, 0) is 4.74 Å². The maximum atomic E-state index is 10.9. The smallest absolute Gasteiger partial charge is 0.108 e. The Morgan fingerprint density at radius 1 is 0.947 bits per heavy atom. The Morgan fingerprint density at radius 2 is 1.42 bits per heavy atom. The summed E-state index contributed by atoms with van der Waals surface area (Å²) < 4.78 is 5.83. The summed E-state index contributed by atoms with van der Waals surface area (Å²) >= 11 is 0. The minimum Gasteiger partial charge on any atom is -0.385 e. The third-order valence-electron chi connectivity index (χ3n) is 5.16. The van der Waals surface area contributed by atoms with Gasteiger partial charge in [0.25, 0.3) is 0 Å². The normalized spacial score (nSPS) is 24.8. The second kappa shape index (κ2) is 4.92. The van der Waals surface area contributed by atoms with Gasteiger partial charge >= 0.3 is 0 Å². The van der Waals surface area contributed by atoms with Crippen molar-refractivity contribution >= 4 is 0 Å². The highest BCUT2D eigenvalue weighted by Gasteiger charge is 2.40. The number of ether oxygens (including phenoxy) is 1. The zero-order valence-corrected chi connectivity index (χ0v) is 13.1. The fourth-order valence-corrected chi connectivity index (χ4v) is 3.26. The van der Waals surface area contributed by atoms with Crippen LogP contribution in [-0.4, -0.2) is 17.3 Å². The maximum Gasteiger partial charge on any atom is 0.108 e. The third kappa shape index (κ3) is 2.21. The lowest BCUT2D eigenvalue weighted by atomic mass is 9.81. The molecule has 0 saturated carbocycles. The predicted molar refractivity (Wildman–Crippen MR) is 78.7 cm³/mol. The molecule has 2 heteroatoms. The van der Waals surface area contributed by atoms with Crippen molar-refractivity contribution in [1.82, 2.24) is 0 Å². The second-order valence-corrected chi connectivity index (χ2v) is 6.21. The number of aliphatic hydroxyl groups is 1. The van der Waals surface area contributed by atoms with E-state index in [0.29, 0.717) is 0 Å². The van der Waals surface area contributed by atoms with Gasteiger partial charge in [0.15, 0.2) is 0 Å². The van der Waals surface area contributed by atoms with Crippen molar-refractivity contribution in [3.63, 3.8) is 0 Å². The summed E-state index contributed by atoms with van der Waals surface area (Å²) in [7, 11) is 0. The first-order valence-corrected chi connectivity index (χ1v) is 7.18. The SMILES string of the molecule is Cc1c(C)c(C)c(C(O)C2(C)CCCO2)c(C)c1C. The molecule has 1 saturated heterocycles. The quantitative estimate of drug-likeness (QED) is 0.877. The molecule has 0 aliphatic carbocycles. The van der Waals surface area contributed by atoms with Crippen molar-refractivity contribution in [2.45, 2.75) is 66.1 Å². The largest absolute Gasteiger partial charge is 0.385 e. The van der Waals surface area contributed by atoms with Crippen LogP contribution in [0.5, 0.6) is 0 Å². The second-order valence-electron chi connectivity index (χ2n) is 6.21. The molecular formula is C17H26O2. The van der Waals surface area contributed by atoms with Crippen LogP contribution in [0.25, 0.3) is 0 Å². The summed E-state index contributed by atoms with van der Waals surface area (Å²) in [6, 6.07) is 0. The van der Waals surface area contributed by atoms with Gasteiger partial charge in [0.2, 0.25) is 0 Å². The molecule has 0 amide bonds. The van der Waals surface area contributed by atoms with Gasteiger partial charge in [-0.2, -0.15) is 0 Å². The van der Waals surface area contributed by atoms with E-state index in [4.69, 9.17) is 4.74 Å². The molecule has 0 radical (unpaired) electrons. The van der Waals surface area contributed by atoms with Crippen LogP contribution in [0.15, 0.2) is 0 Å². The molecule has 0 bridgehead atoms. The van der Waals surface area contributed by atoms with Gasteiger partial charge in [-0.15, -0.1) is 0 Å². The van der Waals surface area contributed by atoms with E-state index in [2.05, 4.69) is 34.6 Å². The number of rotatable bonds is 2. The van der Waals surface area contributed by atoms with E-state index in [1.165, 1.54) is 27.8 Å². The minimum atomic E-state index is -0.534. The van der Waals surface area contributed by atoms with Crippen molar-refractivity contribution in [3.8, 4) is 0 Å². The van der Waals surface area contributed by atoms with Gasteiger partial charge in [-0.25, -0.2) is 0 Å². The molecule has 19 heavy (non-hydrogen) atoms. The monoisotopic (exact) mass is 262 g/mol. The van der Waals surface area contributed by atoms with E-state index in [0.717, 1.165) is 25.0 Å². The van der Waals surface area contributed by atoms with E-state index >= 15 is 0 Å². The van der Waals surface area contributed by atoms with Crippen molar-refractivity contribution in [1.29, 1.82) is 0 Å². The van der Waals surface area contributed by atoms with Gasteiger partial charge in [0.05, 0.1) is 5.60 Å². The third-order valence-corrected chi connectivity index (χ3v) is 5.16. The Kier molecular flexibility index (Phi) is 3.76. The number of aliphatic hydroxyl groups excluding tert-OH is 1. The molecule has 2 rings (SSSR count). The Balaban J connectivity index is 2.56. The average Bonchev–Trinajstić information content (AvgIpc) is 2.82. The summed E-state index contributed by atoms with van der Waals surface area (Å²) in [6.45, 7) is 13.5. The minimum absolute atomic E-state index is 0.427. The van der Waals surface area contributed by atoms with E-state index < -0.39 is 11.7 Å². The van der Waals surface area contributed by atoms with Crippen molar-refractivity contribution in [2.75, 3.05) is 6.61 Å². The van der Waals surface area contributed by atoms with Gasteiger partial charge < -0.3 is 9.84 Å². The fraction of sp³-hybridized carbons (Fsp3) is 0.647. The number of hydrogen-bond donors (Lipinski definition) is 1. The lowest BCUT2D eigenvalue weighted by Crippen LogP contribution is -2.33. The average molecular weight is 262 g/mol. The summed E-state index contributed by atoms with van der Waals surface area (Å²) in [4.78, 5) is 0. The molecule has 1 fully saturated rings. The highest BCUT2D eigenvalue weighted by Crippen LogP contribution is 2.41. The van der Waals surface area contributed by atoms with E-state index in [9.17, 15) is 5.11 Å². The molecule has 2 unspecified atom stereocenters. The van der Waals surface area contributed by atoms with Crippen molar-refractivity contribution < 1.29 is 9.84 Å². The molecule has 1 aromatic rings. The molecule has 1 heterocycles. The Hall–Kier alpha value is -0.860. The van der Waals surface area contributed by atoms with Gasteiger partial charge in [0.1, 0.15) is 6.10 Å². The maximum absolute atomic E-state index is 10.9. The van der Waals surface area contributed by atoms with E-state index in [1.807, 2.05) is 6.92 Å². The fourth-order valence-electron chi connectivity index (χ4n) is 3.26. The zero-order chi connectivity index (χ0) is 14.4. The molecule has 1 aliphatic heterocycles. The summed E-state index contributed by atoms with van der Waals surface area (Å²) in [5.41, 5.74) is 6.99. The summed E-state index contributed by atoms with van der Waals surface area (Å²) in [5.74, 6) is 0. The molecular weight excluding hydrogens is 236 g/mol. The molecule has 1 aromatic carbocycles. The van der Waals surface area contributed by atoms with Crippen molar-refractivity contribution in [2.24, 2.45) is 0 Å². The molecule has 1 N–H and O–H groups in total. The Bertz CT molecular complexity index is 467. The molecule has 0 aromatic heterocycles. The molecule has 2 atom stereocenters. The van der Waals surface area contributed by atoms with Gasteiger partial charge in [0, 0.05) is 6.61 Å².